The molecule has 0 aliphatic rings. The van der Waals surface area contributed by atoms with Gasteiger partial charge in [-0.3, -0.25) is 4.98 Å². The Morgan fingerprint density at radius 3 is 2.35 bits per heavy atom. The Kier molecular flexibility index (Phi) is 3.24. The van der Waals surface area contributed by atoms with Gasteiger partial charge in [0, 0.05) is 23.9 Å². The van der Waals surface area contributed by atoms with Gasteiger partial charge in [0.05, 0.1) is 19.2 Å². The summed E-state index contributed by atoms with van der Waals surface area (Å²) >= 11 is 6.09. The largest absolute Gasteiger partial charge is 0.497 e. The fourth-order valence-electron chi connectivity index (χ4n) is 2.00. The van der Waals surface area contributed by atoms with Gasteiger partial charge in [0.15, 0.2) is 5.58 Å². The Hall–Kier alpha value is -2.20. The third kappa shape index (κ3) is 2.18. The molecular formula is C15H12ClNO3. The van der Waals surface area contributed by atoms with E-state index in [4.69, 9.17) is 25.5 Å². The second kappa shape index (κ2) is 5.06. The van der Waals surface area contributed by atoms with Crippen molar-refractivity contribution in [1.82, 2.24) is 4.98 Å². The zero-order valence-corrected chi connectivity index (χ0v) is 11.8. The van der Waals surface area contributed by atoms with E-state index >= 15 is 0 Å². The van der Waals surface area contributed by atoms with Gasteiger partial charge in [0.1, 0.15) is 22.8 Å². The zero-order chi connectivity index (χ0) is 14.1. The van der Waals surface area contributed by atoms with Gasteiger partial charge in [0.25, 0.3) is 0 Å². The molecule has 0 aliphatic heterocycles. The van der Waals surface area contributed by atoms with Crippen LogP contribution in [0.3, 0.4) is 0 Å². The van der Waals surface area contributed by atoms with E-state index in [1.165, 1.54) is 0 Å². The van der Waals surface area contributed by atoms with E-state index in [2.05, 4.69) is 4.98 Å². The maximum absolute atomic E-state index is 6.09. The maximum atomic E-state index is 6.09. The molecule has 3 aromatic rings. The molecular weight excluding hydrogens is 278 g/mol. The van der Waals surface area contributed by atoms with Gasteiger partial charge in [-0.15, -0.1) is 0 Å². The van der Waals surface area contributed by atoms with E-state index in [0.29, 0.717) is 33.4 Å². The molecule has 0 atom stereocenters. The summed E-state index contributed by atoms with van der Waals surface area (Å²) in [6.07, 6.45) is 1.65. The van der Waals surface area contributed by atoms with Gasteiger partial charge in [0.2, 0.25) is 0 Å². The third-order valence-electron chi connectivity index (χ3n) is 3.00. The first kappa shape index (κ1) is 12.8. The Labute approximate surface area is 120 Å². The molecule has 5 heteroatoms. The Bertz CT molecular complexity index is 745. The highest BCUT2D eigenvalue weighted by Gasteiger charge is 2.12. The summed E-state index contributed by atoms with van der Waals surface area (Å²) in [5.74, 6) is 2.05. The molecule has 102 valence electrons. The first-order chi connectivity index (χ1) is 9.71. The summed E-state index contributed by atoms with van der Waals surface area (Å²) in [6, 6.07) is 9.08. The molecule has 0 fully saturated rings. The molecule has 0 saturated heterocycles. The summed E-state index contributed by atoms with van der Waals surface area (Å²) in [5, 5.41) is 0.538. The van der Waals surface area contributed by atoms with Crippen molar-refractivity contribution >= 4 is 22.7 Å². The third-order valence-corrected chi connectivity index (χ3v) is 3.30. The van der Waals surface area contributed by atoms with Crippen molar-refractivity contribution in [2.24, 2.45) is 0 Å². The average molecular weight is 290 g/mol. The summed E-state index contributed by atoms with van der Waals surface area (Å²) in [6.45, 7) is 0. The number of ether oxygens (including phenoxy) is 2. The van der Waals surface area contributed by atoms with Gasteiger partial charge in [-0.05, 0) is 18.2 Å². The van der Waals surface area contributed by atoms with Crippen LogP contribution in [0.5, 0.6) is 11.5 Å². The number of hydrogen-bond donors (Lipinski definition) is 0. The summed E-state index contributed by atoms with van der Waals surface area (Å²) in [7, 11) is 3.21. The van der Waals surface area contributed by atoms with Crippen molar-refractivity contribution in [3.8, 4) is 22.8 Å². The minimum Gasteiger partial charge on any atom is -0.497 e. The van der Waals surface area contributed by atoms with Crippen LogP contribution in [-0.2, 0) is 0 Å². The molecule has 0 N–H and O–H groups in total. The monoisotopic (exact) mass is 289 g/mol. The number of aromatic nitrogens is 1. The molecule has 0 bridgehead atoms. The molecule has 0 radical (unpaired) electrons. The van der Waals surface area contributed by atoms with E-state index in [9.17, 15) is 0 Å². The first-order valence-corrected chi connectivity index (χ1v) is 6.36. The summed E-state index contributed by atoms with van der Waals surface area (Å²) in [4.78, 5) is 4.23. The highest BCUT2D eigenvalue weighted by atomic mass is 35.5. The number of hydrogen-bond acceptors (Lipinski definition) is 4. The molecule has 3 rings (SSSR count). The van der Waals surface area contributed by atoms with E-state index < -0.39 is 0 Å². The molecule has 0 spiro atoms. The van der Waals surface area contributed by atoms with Crippen LogP contribution in [0.4, 0.5) is 0 Å². The number of benzene rings is 1. The predicted octanol–water partition coefficient (Wildman–Crippen LogP) is 4.17. The highest BCUT2D eigenvalue weighted by molar-refractivity contribution is 6.34. The van der Waals surface area contributed by atoms with Crippen molar-refractivity contribution in [2.75, 3.05) is 14.2 Å². The van der Waals surface area contributed by atoms with Crippen LogP contribution in [0.1, 0.15) is 0 Å². The van der Waals surface area contributed by atoms with Crippen LogP contribution in [0, 0.1) is 0 Å². The summed E-state index contributed by atoms with van der Waals surface area (Å²) in [5.41, 5.74) is 2.13. The lowest BCUT2D eigenvalue weighted by atomic mass is 10.1. The van der Waals surface area contributed by atoms with Crippen molar-refractivity contribution in [3.63, 3.8) is 0 Å². The number of halogens is 1. The lowest BCUT2D eigenvalue weighted by Gasteiger charge is -2.06. The minimum absolute atomic E-state index is 0.538. The standard InChI is InChI=1S/C15H12ClNO3/c1-18-10-5-9(6-11(7-10)19-2)14-8-13-15(20-14)12(16)3-4-17-13/h3-8H,1-2H3. The molecule has 4 nitrogen and oxygen atoms in total. The summed E-state index contributed by atoms with van der Waals surface area (Å²) < 4.78 is 16.3. The number of pyridine rings is 1. The molecule has 20 heavy (non-hydrogen) atoms. The second-order valence-corrected chi connectivity index (χ2v) is 4.63. The fourth-order valence-corrected chi connectivity index (χ4v) is 2.19. The molecule has 0 aliphatic carbocycles. The van der Waals surface area contributed by atoms with Crippen LogP contribution in [-0.4, -0.2) is 19.2 Å². The average Bonchev–Trinajstić information content (AvgIpc) is 2.92. The minimum atomic E-state index is 0.538. The van der Waals surface area contributed by atoms with Gasteiger partial charge in [-0.25, -0.2) is 0 Å². The van der Waals surface area contributed by atoms with Crippen molar-refractivity contribution in [3.05, 3.63) is 41.6 Å². The SMILES string of the molecule is COc1cc(OC)cc(-c2cc3nccc(Cl)c3o2)c1. The van der Waals surface area contributed by atoms with Gasteiger partial charge in [-0.2, -0.15) is 0 Å². The van der Waals surface area contributed by atoms with E-state index in [1.807, 2.05) is 18.2 Å². The van der Waals surface area contributed by atoms with Crippen molar-refractivity contribution in [1.29, 1.82) is 0 Å². The predicted molar refractivity (Wildman–Crippen MR) is 77.6 cm³/mol. The van der Waals surface area contributed by atoms with Crippen LogP contribution in [0.25, 0.3) is 22.4 Å². The smallest absolute Gasteiger partial charge is 0.171 e. The maximum Gasteiger partial charge on any atom is 0.171 e. The Balaban J connectivity index is 2.17. The van der Waals surface area contributed by atoms with Crippen molar-refractivity contribution in [2.45, 2.75) is 0 Å². The van der Waals surface area contributed by atoms with E-state index in [0.717, 1.165) is 5.56 Å². The Morgan fingerprint density at radius 1 is 1.05 bits per heavy atom. The number of nitrogens with zero attached hydrogens (tertiary/aromatic N) is 1. The normalized spacial score (nSPS) is 10.8. The lowest BCUT2D eigenvalue weighted by molar-refractivity contribution is 0.394. The van der Waals surface area contributed by atoms with Crippen LogP contribution >= 0.6 is 11.6 Å². The molecule has 0 amide bonds. The number of furan rings is 1. The van der Waals surface area contributed by atoms with Crippen LogP contribution in [0.15, 0.2) is 40.9 Å². The highest BCUT2D eigenvalue weighted by Crippen LogP contribution is 2.34. The van der Waals surface area contributed by atoms with Crippen LogP contribution in [0.2, 0.25) is 5.02 Å². The molecule has 0 unspecified atom stereocenters. The quantitative estimate of drug-likeness (QED) is 0.726. The molecule has 2 heterocycles. The second-order valence-electron chi connectivity index (χ2n) is 4.22. The number of rotatable bonds is 3. The first-order valence-electron chi connectivity index (χ1n) is 5.99. The fraction of sp³-hybridized carbons (Fsp3) is 0.133. The van der Waals surface area contributed by atoms with Gasteiger partial charge >= 0.3 is 0 Å². The van der Waals surface area contributed by atoms with E-state index in [-0.39, 0.29) is 0 Å². The molecule has 2 aromatic heterocycles. The van der Waals surface area contributed by atoms with Crippen LogP contribution < -0.4 is 9.47 Å². The number of fused-ring (bicyclic) bond motifs is 1. The number of methoxy groups -OCH3 is 2. The topological polar surface area (TPSA) is 44.5 Å². The Morgan fingerprint density at radius 2 is 1.75 bits per heavy atom. The van der Waals surface area contributed by atoms with Crippen molar-refractivity contribution < 1.29 is 13.9 Å². The molecule has 0 saturated carbocycles. The van der Waals surface area contributed by atoms with Gasteiger partial charge in [-0.1, -0.05) is 11.6 Å². The van der Waals surface area contributed by atoms with Gasteiger partial charge < -0.3 is 13.9 Å². The molecule has 1 aromatic carbocycles. The lowest BCUT2D eigenvalue weighted by Crippen LogP contribution is -1.88. The van der Waals surface area contributed by atoms with E-state index in [1.54, 1.807) is 32.5 Å². The zero-order valence-electron chi connectivity index (χ0n) is 11.0.